The van der Waals surface area contributed by atoms with E-state index in [1.165, 1.54) is 0 Å². The first-order chi connectivity index (χ1) is 18.1. The van der Waals surface area contributed by atoms with Crippen molar-refractivity contribution < 1.29 is 14.3 Å². The number of carbonyl (C=O) groups is 1. The number of carbonyl (C=O) groups excluding carboxylic acids is 1. The van der Waals surface area contributed by atoms with Gasteiger partial charge in [0.25, 0.3) is 0 Å². The van der Waals surface area contributed by atoms with Gasteiger partial charge in [-0.3, -0.25) is 14.8 Å². The van der Waals surface area contributed by atoms with Crippen LogP contribution < -0.4 is 10.1 Å². The highest BCUT2D eigenvalue weighted by Gasteiger charge is 2.16. The Morgan fingerprint density at radius 1 is 0.946 bits per heavy atom. The van der Waals surface area contributed by atoms with E-state index in [1.54, 1.807) is 36.3 Å². The quantitative estimate of drug-likeness (QED) is 0.303. The van der Waals surface area contributed by atoms with Gasteiger partial charge in [0.05, 0.1) is 35.4 Å². The lowest BCUT2D eigenvalue weighted by molar-refractivity contribution is -0.115. The predicted molar refractivity (Wildman–Crippen MR) is 141 cm³/mol. The summed E-state index contributed by atoms with van der Waals surface area (Å²) in [7, 11) is 1.63. The van der Waals surface area contributed by atoms with Gasteiger partial charge in [0.1, 0.15) is 12.4 Å². The third-order valence-corrected chi connectivity index (χ3v) is 5.65. The zero-order chi connectivity index (χ0) is 25.6. The number of pyridine rings is 1. The number of hydrogen-bond donors (Lipinski definition) is 1. The molecule has 2 aromatic carbocycles. The number of ether oxygens (including phenoxy) is 2. The van der Waals surface area contributed by atoms with Gasteiger partial charge >= 0.3 is 0 Å². The first-order valence-electron chi connectivity index (χ1n) is 11.8. The number of methoxy groups -OCH3 is 1. The lowest BCUT2D eigenvalue weighted by Gasteiger charge is -2.08. The normalized spacial score (nSPS) is 11.0. The summed E-state index contributed by atoms with van der Waals surface area (Å²) in [5.74, 6) is 1.21. The summed E-state index contributed by atoms with van der Waals surface area (Å²) in [6.45, 7) is 2.91. The maximum atomic E-state index is 12.9. The fourth-order valence-electron chi connectivity index (χ4n) is 3.91. The Bertz CT molecular complexity index is 1530. The first kappa shape index (κ1) is 24.1. The molecule has 0 radical (unpaired) electrons. The average Bonchev–Trinajstić information content (AvgIpc) is 3.33. The lowest BCUT2D eigenvalue weighted by atomic mass is 10.1. The van der Waals surface area contributed by atoms with Crippen molar-refractivity contribution in [2.24, 2.45) is 0 Å². The number of anilines is 1. The highest BCUT2D eigenvalue weighted by molar-refractivity contribution is 5.92. The zero-order valence-electron chi connectivity index (χ0n) is 20.6. The van der Waals surface area contributed by atoms with Gasteiger partial charge in [-0.2, -0.15) is 5.10 Å². The maximum absolute atomic E-state index is 12.9. The van der Waals surface area contributed by atoms with Gasteiger partial charge in [0.2, 0.25) is 5.91 Å². The number of hydrogen-bond acceptors (Lipinski definition) is 7. The van der Waals surface area contributed by atoms with Gasteiger partial charge in [-0.25, -0.2) is 9.67 Å². The van der Waals surface area contributed by atoms with E-state index in [1.807, 2.05) is 61.5 Å². The van der Waals surface area contributed by atoms with Crippen LogP contribution in [0.3, 0.4) is 0 Å². The van der Waals surface area contributed by atoms with Crippen molar-refractivity contribution in [2.75, 3.05) is 25.6 Å². The second-order valence-corrected chi connectivity index (χ2v) is 8.42. The van der Waals surface area contributed by atoms with Crippen LogP contribution in [0.1, 0.15) is 11.4 Å². The Balaban J connectivity index is 1.39. The van der Waals surface area contributed by atoms with E-state index in [2.05, 4.69) is 20.3 Å². The molecule has 9 heteroatoms. The van der Waals surface area contributed by atoms with Crippen LogP contribution in [0.2, 0.25) is 0 Å². The van der Waals surface area contributed by atoms with E-state index in [-0.39, 0.29) is 12.3 Å². The van der Waals surface area contributed by atoms with E-state index < -0.39 is 0 Å². The van der Waals surface area contributed by atoms with Gasteiger partial charge in [0.15, 0.2) is 5.82 Å². The van der Waals surface area contributed by atoms with E-state index >= 15 is 0 Å². The summed E-state index contributed by atoms with van der Waals surface area (Å²) in [5.41, 5.74) is 5.47. The Labute approximate surface area is 214 Å². The minimum atomic E-state index is -0.175. The molecule has 0 aliphatic heterocycles. The van der Waals surface area contributed by atoms with Gasteiger partial charge in [-0.1, -0.05) is 12.1 Å². The molecule has 1 amide bonds. The monoisotopic (exact) mass is 494 g/mol. The number of rotatable bonds is 9. The van der Waals surface area contributed by atoms with Crippen LogP contribution in [-0.2, 0) is 16.0 Å². The van der Waals surface area contributed by atoms with E-state index in [0.29, 0.717) is 36.2 Å². The largest absolute Gasteiger partial charge is 0.491 e. The molecule has 0 spiro atoms. The van der Waals surface area contributed by atoms with Gasteiger partial charge in [0, 0.05) is 36.4 Å². The van der Waals surface area contributed by atoms with Crippen molar-refractivity contribution >= 4 is 22.6 Å². The van der Waals surface area contributed by atoms with Crippen molar-refractivity contribution in [3.8, 4) is 22.8 Å². The number of benzene rings is 2. The molecule has 0 aliphatic carbocycles. The topological polar surface area (TPSA) is 104 Å². The van der Waals surface area contributed by atoms with Crippen molar-refractivity contribution in [2.45, 2.75) is 13.3 Å². The second kappa shape index (κ2) is 11.0. The summed E-state index contributed by atoms with van der Waals surface area (Å²) >= 11 is 0. The Morgan fingerprint density at radius 3 is 2.54 bits per heavy atom. The summed E-state index contributed by atoms with van der Waals surface area (Å²) in [4.78, 5) is 26.3. The Morgan fingerprint density at radius 2 is 1.76 bits per heavy atom. The molecular weight excluding hydrogens is 468 g/mol. The highest BCUT2D eigenvalue weighted by atomic mass is 16.5. The van der Waals surface area contributed by atoms with Crippen LogP contribution in [0.5, 0.6) is 5.75 Å². The number of fused-ring (bicyclic) bond motifs is 1. The molecule has 0 atom stereocenters. The fourth-order valence-corrected chi connectivity index (χ4v) is 3.91. The van der Waals surface area contributed by atoms with Crippen LogP contribution >= 0.6 is 0 Å². The average molecular weight is 495 g/mol. The number of nitrogens with one attached hydrogen (secondary N) is 1. The van der Waals surface area contributed by atoms with Crippen LogP contribution in [0, 0.1) is 6.92 Å². The molecule has 0 saturated carbocycles. The molecule has 3 aromatic heterocycles. The summed E-state index contributed by atoms with van der Waals surface area (Å²) in [5, 5.41) is 7.67. The molecule has 0 bridgehead atoms. The molecule has 0 aliphatic rings. The van der Waals surface area contributed by atoms with Gasteiger partial charge < -0.3 is 14.8 Å². The lowest BCUT2D eigenvalue weighted by Crippen LogP contribution is -2.15. The second-order valence-electron chi connectivity index (χ2n) is 8.42. The molecule has 0 saturated heterocycles. The SMILES string of the molecule is COCCOc1ccc(NC(=O)Cc2cc(-c3ccc4nccnc4c3)n(-c3cccc(C)n3)n2)cc1. The Kier molecular flexibility index (Phi) is 7.14. The highest BCUT2D eigenvalue weighted by Crippen LogP contribution is 2.26. The predicted octanol–water partition coefficient (Wildman–Crippen LogP) is 4.39. The summed E-state index contributed by atoms with van der Waals surface area (Å²) in [6.07, 6.45) is 3.44. The van der Waals surface area contributed by atoms with Crippen LogP contribution in [0.4, 0.5) is 5.69 Å². The smallest absolute Gasteiger partial charge is 0.230 e. The Hall–Kier alpha value is -4.63. The van der Waals surface area contributed by atoms with Crippen LogP contribution in [-0.4, -0.2) is 51.0 Å². The standard InChI is InChI=1S/C28H26N6O3/c1-19-4-3-5-27(31-19)34-26(20-6-11-24-25(16-20)30-13-12-29-24)17-22(33-34)18-28(35)32-21-7-9-23(10-8-21)37-15-14-36-2/h3-13,16-17H,14-15,18H2,1-2H3,(H,32,35). The van der Waals surface area contributed by atoms with Crippen LogP contribution in [0.15, 0.2) is 79.1 Å². The molecule has 0 unspecified atom stereocenters. The number of aryl methyl sites for hydroxylation is 1. The third kappa shape index (κ3) is 5.79. The van der Waals surface area contributed by atoms with Crippen molar-refractivity contribution in [1.29, 1.82) is 0 Å². The van der Waals surface area contributed by atoms with E-state index in [4.69, 9.17) is 14.6 Å². The zero-order valence-corrected chi connectivity index (χ0v) is 20.6. The number of amides is 1. The first-order valence-corrected chi connectivity index (χ1v) is 11.8. The third-order valence-electron chi connectivity index (χ3n) is 5.65. The molecule has 3 heterocycles. The molecule has 5 aromatic rings. The minimum absolute atomic E-state index is 0.102. The van der Waals surface area contributed by atoms with Crippen LogP contribution in [0.25, 0.3) is 28.1 Å². The van der Waals surface area contributed by atoms with E-state index in [9.17, 15) is 4.79 Å². The molecule has 9 nitrogen and oxygen atoms in total. The fraction of sp³-hybridized carbons (Fsp3) is 0.179. The molecule has 1 N–H and O–H groups in total. The molecular formula is C28H26N6O3. The van der Waals surface area contributed by atoms with Crippen molar-refractivity contribution in [3.05, 3.63) is 90.5 Å². The molecule has 0 fully saturated rings. The van der Waals surface area contributed by atoms with Crippen molar-refractivity contribution in [3.63, 3.8) is 0 Å². The number of nitrogens with zero attached hydrogens (tertiary/aromatic N) is 5. The molecule has 37 heavy (non-hydrogen) atoms. The van der Waals surface area contributed by atoms with Crippen molar-refractivity contribution in [1.82, 2.24) is 24.7 Å². The number of aromatic nitrogens is 5. The van der Waals surface area contributed by atoms with Gasteiger partial charge in [-0.05, 0) is 61.5 Å². The minimum Gasteiger partial charge on any atom is -0.491 e. The summed E-state index contributed by atoms with van der Waals surface area (Å²) in [6, 6.07) is 20.8. The molecule has 5 rings (SSSR count). The summed E-state index contributed by atoms with van der Waals surface area (Å²) < 4.78 is 12.3. The maximum Gasteiger partial charge on any atom is 0.230 e. The van der Waals surface area contributed by atoms with Gasteiger partial charge in [-0.15, -0.1) is 0 Å². The molecule has 186 valence electrons. The van der Waals surface area contributed by atoms with E-state index in [0.717, 1.165) is 28.0 Å².